The van der Waals surface area contributed by atoms with Gasteiger partial charge in [0.2, 0.25) is 0 Å². The summed E-state index contributed by atoms with van der Waals surface area (Å²) < 4.78 is 22.0. The van der Waals surface area contributed by atoms with E-state index >= 15 is 0 Å². The molecule has 0 spiro atoms. The number of nitrogens with zero attached hydrogens (tertiary/aromatic N) is 5. The predicted molar refractivity (Wildman–Crippen MR) is 105 cm³/mol. The van der Waals surface area contributed by atoms with Crippen LogP contribution in [0.5, 0.6) is 0 Å². The van der Waals surface area contributed by atoms with E-state index in [0.29, 0.717) is 24.9 Å². The van der Waals surface area contributed by atoms with Gasteiger partial charge in [0.15, 0.2) is 11.6 Å². The third kappa shape index (κ3) is 4.47. The predicted octanol–water partition coefficient (Wildman–Crippen LogP) is 2.16. The zero-order valence-corrected chi connectivity index (χ0v) is 16.3. The molecule has 0 saturated carbocycles. The van der Waals surface area contributed by atoms with Gasteiger partial charge in [-0.25, -0.2) is 19.2 Å². The van der Waals surface area contributed by atoms with E-state index in [0.717, 1.165) is 23.7 Å². The summed E-state index contributed by atoms with van der Waals surface area (Å²) in [5.74, 6) is 2.43. The first-order chi connectivity index (χ1) is 12.4. The Morgan fingerprint density at radius 1 is 1.35 bits per heavy atom. The lowest BCUT2D eigenvalue weighted by atomic mass is 10.2. The first kappa shape index (κ1) is 18.5. The van der Waals surface area contributed by atoms with Crippen LogP contribution in [0.1, 0.15) is 6.92 Å². The topological polar surface area (TPSA) is 92.6 Å². The van der Waals surface area contributed by atoms with Gasteiger partial charge in [0.25, 0.3) is 0 Å². The smallest absolute Gasteiger partial charge is 0.167 e. The molecular weight excluding hydrogens is 352 g/mol. The van der Waals surface area contributed by atoms with E-state index in [4.69, 9.17) is 9.72 Å². The van der Waals surface area contributed by atoms with Crippen LogP contribution in [0.15, 0.2) is 28.8 Å². The molecule has 1 atom stereocenters. The first-order valence-electron chi connectivity index (χ1n) is 8.40. The van der Waals surface area contributed by atoms with Crippen LogP contribution in [-0.4, -0.2) is 64.5 Å². The summed E-state index contributed by atoms with van der Waals surface area (Å²) in [5, 5.41) is 3.01. The minimum Gasteiger partial charge on any atom is -0.377 e. The molecule has 3 heterocycles. The van der Waals surface area contributed by atoms with Gasteiger partial charge in [-0.3, -0.25) is 0 Å². The van der Waals surface area contributed by atoms with Crippen LogP contribution >= 0.6 is 0 Å². The van der Waals surface area contributed by atoms with E-state index in [1.54, 1.807) is 24.8 Å². The zero-order chi connectivity index (χ0) is 18.7. The molecule has 0 radical (unpaired) electrons. The first-order valence-corrected chi connectivity index (χ1v) is 10.7. The highest BCUT2D eigenvalue weighted by Gasteiger charge is 2.22. The normalized spacial score (nSPS) is 17.8. The van der Waals surface area contributed by atoms with Crippen LogP contribution in [0.4, 0.5) is 17.5 Å². The highest BCUT2D eigenvalue weighted by atomic mass is 32.2. The summed E-state index contributed by atoms with van der Waals surface area (Å²) in [7, 11) is -0.525. The number of nitrogens with one attached hydrogen (secondary N) is 1. The van der Waals surface area contributed by atoms with Crippen molar-refractivity contribution in [1.29, 1.82) is 0 Å². The Morgan fingerprint density at radius 3 is 2.85 bits per heavy atom. The van der Waals surface area contributed by atoms with Gasteiger partial charge >= 0.3 is 0 Å². The van der Waals surface area contributed by atoms with Crippen molar-refractivity contribution < 1.29 is 8.95 Å². The Labute approximate surface area is 154 Å². The maximum atomic E-state index is 12.2. The van der Waals surface area contributed by atoms with Crippen molar-refractivity contribution in [1.82, 2.24) is 15.0 Å². The summed E-state index contributed by atoms with van der Waals surface area (Å²) in [5.41, 5.74) is 0.822. The third-order valence-electron chi connectivity index (χ3n) is 3.95. The van der Waals surface area contributed by atoms with Gasteiger partial charge in [-0.1, -0.05) is 0 Å². The number of rotatable bonds is 4. The molecule has 2 aromatic heterocycles. The SMILES string of the molecule is CNc1cc(-c2nc(N=S(C)(C)=O)cc(N3CCOC[C@H]3C)n2)ccn1. The van der Waals surface area contributed by atoms with Crippen molar-refractivity contribution >= 4 is 27.2 Å². The minimum absolute atomic E-state index is 0.192. The summed E-state index contributed by atoms with van der Waals surface area (Å²) in [6.45, 7) is 4.12. The van der Waals surface area contributed by atoms with Crippen molar-refractivity contribution in [2.75, 3.05) is 49.5 Å². The Hall–Kier alpha value is -2.26. The molecule has 26 heavy (non-hydrogen) atoms. The van der Waals surface area contributed by atoms with E-state index in [-0.39, 0.29) is 6.04 Å². The Morgan fingerprint density at radius 2 is 2.15 bits per heavy atom. The number of aromatic nitrogens is 3. The molecule has 0 amide bonds. The van der Waals surface area contributed by atoms with Crippen molar-refractivity contribution in [3.05, 3.63) is 24.4 Å². The van der Waals surface area contributed by atoms with Crippen molar-refractivity contribution in [2.45, 2.75) is 13.0 Å². The molecule has 0 aromatic carbocycles. The standard InChI is InChI=1S/C17H24N6O2S/c1-12-11-25-8-7-23(12)16-10-15(22-26(3,4)24)20-17(21-16)13-5-6-19-14(9-13)18-2/h5-6,9-10,12H,7-8,11H2,1-4H3,(H,18,19)/t12-/m1/s1. The highest BCUT2D eigenvalue weighted by molar-refractivity contribution is 7.92. The lowest BCUT2D eigenvalue weighted by molar-refractivity contribution is 0.0985. The van der Waals surface area contributed by atoms with Crippen molar-refractivity contribution in [2.24, 2.45) is 4.36 Å². The fourth-order valence-electron chi connectivity index (χ4n) is 2.74. The van der Waals surface area contributed by atoms with E-state index in [2.05, 4.69) is 31.5 Å². The molecule has 140 valence electrons. The number of anilines is 2. The molecule has 1 saturated heterocycles. The van der Waals surface area contributed by atoms with Crippen LogP contribution in [-0.2, 0) is 14.5 Å². The lowest BCUT2D eigenvalue weighted by Gasteiger charge is -2.34. The number of ether oxygens (including phenoxy) is 1. The quantitative estimate of drug-likeness (QED) is 0.874. The summed E-state index contributed by atoms with van der Waals surface area (Å²) in [6, 6.07) is 5.71. The number of morpholine rings is 1. The second-order valence-corrected chi connectivity index (χ2v) is 9.02. The molecule has 0 bridgehead atoms. The summed E-state index contributed by atoms with van der Waals surface area (Å²) >= 11 is 0. The van der Waals surface area contributed by atoms with Gasteiger partial charge in [-0.2, -0.15) is 4.36 Å². The maximum absolute atomic E-state index is 12.2. The molecule has 1 aliphatic heterocycles. The molecular formula is C17H24N6O2S. The van der Waals surface area contributed by atoms with Gasteiger partial charge in [-0.15, -0.1) is 0 Å². The van der Waals surface area contributed by atoms with Crippen LogP contribution in [0.25, 0.3) is 11.4 Å². The molecule has 0 unspecified atom stereocenters. The summed E-state index contributed by atoms with van der Waals surface area (Å²) in [4.78, 5) is 15.6. The molecule has 2 aromatic rings. The Bertz CT molecular complexity index is 902. The molecule has 9 heteroatoms. The zero-order valence-electron chi connectivity index (χ0n) is 15.5. The fourth-order valence-corrected chi connectivity index (χ4v) is 3.29. The van der Waals surface area contributed by atoms with Crippen LogP contribution in [0, 0.1) is 0 Å². The molecule has 1 N–H and O–H groups in total. The number of pyridine rings is 1. The van der Waals surface area contributed by atoms with E-state index in [1.165, 1.54) is 0 Å². The fraction of sp³-hybridized carbons (Fsp3) is 0.471. The molecule has 8 nitrogen and oxygen atoms in total. The number of hydrogen-bond acceptors (Lipinski definition) is 8. The lowest BCUT2D eigenvalue weighted by Crippen LogP contribution is -2.44. The Balaban J connectivity index is 2.12. The van der Waals surface area contributed by atoms with E-state index in [1.807, 2.05) is 19.2 Å². The molecule has 1 aliphatic rings. The Kier molecular flexibility index (Phi) is 5.38. The minimum atomic E-state index is -2.33. The molecule has 1 fully saturated rings. The van der Waals surface area contributed by atoms with Crippen LogP contribution < -0.4 is 10.2 Å². The van der Waals surface area contributed by atoms with Crippen molar-refractivity contribution in [3.8, 4) is 11.4 Å². The second kappa shape index (κ2) is 7.55. The average molecular weight is 376 g/mol. The van der Waals surface area contributed by atoms with Gasteiger partial charge in [0.1, 0.15) is 11.6 Å². The molecule has 0 aliphatic carbocycles. The van der Waals surface area contributed by atoms with Crippen LogP contribution in [0.2, 0.25) is 0 Å². The van der Waals surface area contributed by atoms with E-state index < -0.39 is 9.73 Å². The van der Waals surface area contributed by atoms with Gasteiger partial charge in [0, 0.05) is 53.7 Å². The van der Waals surface area contributed by atoms with Crippen molar-refractivity contribution in [3.63, 3.8) is 0 Å². The van der Waals surface area contributed by atoms with Crippen LogP contribution in [0.3, 0.4) is 0 Å². The van der Waals surface area contributed by atoms with E-state index in [9.17, 15) is 4.21 Å². The maximum Gasteiger partial charge on any atom is 0.167 e. The third-order valence-corrected chi connectivity index (χ3v) is 4.58. The van der Waals surface area contributed by atoms with Gasteiger partial charge in [0.05, 0.1) is 19.3 Å². The number of hydrogen-bond donors (Lipinski definition) is 1. The average Bonchev–Trinajstić information content (AvgIpc) is 2.60. The molecule has 3 rings (SSSR count). The highest BCUT2D eigenvalue weighted by Crippen LogP contribution is 2.27. The largest absolute Gasteiger partial charge is 0.377 e. The summed E-state index contributed by atoms with van der Waals surface area (Å²) in [6.07, 6.45) is 4.89. The monoisotopic (exact) mass is 376 g/mol. The van der Waals surface area contributed by atoms with Gasteiger partial charge in [-0.05, 0) is 19.1 Å². The second-order valence-electron chi connectivity index (χ2n) is 6.48. The van der Waals surface area contributed by atoms with Gasteiger partial charge < -0.3 is 15.0 Å².